The maximum atomic E-state index is 13.0. The van der Waals surface area contributed by atoms with Crippen LogP contribution in [0, 0.1) is 13.8 Å². The summed E-state index contributed by atoms with van der Waals surface area (Å²) in [5, 5.41) is 6.24. The number of amides is 2. The van der Waals surface area contributed by atoms with E-state index in [1.54, 1.807) is 36.9 Å². The Morgan fingerprint density at radius 2 is 2.00 bits per heavy atom. The SMILES string of the molecule is COc1cc(NC(=O)Cc2c(C)nc3nc(C(F)(F)F)nn3c2C)ccc1N1CCCC1=O. The van der Waals surface area contributed by atoms with Crippen molar-refractivity contribution in [3.05, 3.63) is 41.0 Å². The van der Waals surface area contributed by atoms with Crippen LogP contribution in [0.15, 0.2) is 18.2 Å². The number of aromatic nitrogens is 4. The van der Waals surface area contributed by atoms with Gasteiger partial charge in [0.25, 0.3) is 11.6 Å². The smallest absolute Gasteiger partial charge is 0.453 e. The van der Waals surface area contributed by atoms with E-state index >= 15 is 0 Å². The van der Waals surface area contributed by atoms with Gasteiger partial charge in [-0.25, -0.2) is 9.50 Å². The molecule has 3 heterocycles. The number of hydrogen-bond acceptors (Lipinski definition) is 6. The molecule has 4 rings (SSSR count). The summed E-state index contributed by atoms with van der Waals surface area (Å²) in [6, 6.07) is 4.98. The van der Waals surface area contributed by atoms with Crippen LogP contribution in [0.4, 0.5) is 24.5 Å². The summed E-state index contributed by atoms with van der Waals surface area (Å²) in [5.41, 5.74) is 2.26. The van der Waals surface area contributed by atoms with Crippen LogP contribution < -0.4 is 15.0 Å². The van der Waals surface area contributed by atoms with Crippen molar-refractivity contribution in [2.45, 2.75) is 39.3 Å². The van der Waals surface area contributed by atoms with Gasteiger partial charge in [-0.1, -0.05) is 0 Å². The molecule has 174 valence electrons. The Labute approximate surface area is 186 Å². The number of ether oxygens (including phenoxy) is 1. The molecule has 0 bridgehead atoms. The second-order valence-corrected chi connectivity index (χ2v) is 7.67. The van der Waals surface area contributed by atoms with Crippen LogP contribution in [0.2, 0.25) is 0 Å². The van der Waals surface area contributed by atoms with Crippen LogP contribution in [0.3, 0.4) is 0 Å². The molecule has 2 amide bonds. The van der Waals surface area contributed by atoms with E-state index in [0.717, 1.165) is 10.9 Å². The fraction of sp³-hybridized carbons (Fsp3) is 0.381. The first-order valence-electron chi connectivity index (χ1n) is 10.2. The highest BCUT2D eigenvalue weighted by atomic mass is 19.4. The number of aryl methyl sites for hydroxylation is 2. The molecule has 1 aromatic carbocycles. The predicted octanol–water partition coefficient (Wildman–Crippen LogP) is 3.08. The number of rotatable bonds is 5. The number of nitrogens with one attached hydrogen (secondary N) is 1. The van der Waals surface area contributed by atoms with Crippen LogP contribution in [0.1, 0.15) is 35.6 Å². The summed E-state index contributed by atoms with van der Waals surface area (Å²) >= 11 is 0. The summed E-state index contributed by atoms with van der Waals surface area (Å²) in [6.45, 7) is 3.76. The van der Waals surface area contributed by atoms with Crippen molar-refractivity contribution < 1.29 is 27.5 Å². The summed E-state index contributed by atoms with van der Waals surface area (Å²) < 4.78 is 45.3. The molecule has 1 N–H and O–H groups in total. The highest BCUT2D eigenvalue weighted by Crippen LogP contribution is 2.34. The van der Waals surface area contributed by atoms with E-state index in [-0.39, 0.29) is 18.1 Å². The van der Waals surface area contributed by atoms with Gasteiger partial charge in [0.05, 0.1) is 19.2 Å². The first-order chi connectivity index (χ1) is 15.6. The molecule has 0 radical (unpaired) electrons. The highest BCUT2D eigenvalue weighted by Gasteiger charge is 2.37. The van der Waals surface area contributed by atoms with Crippen molar-refractivity contribution in [3.63, 3.8) is 0 Å². The Morgan fingerprint density at radius 3 is 2.64 bits per heavy atom. The number of carbonyl (C=O) groups excluding carboxylic acids is 2. The Kier molecular flexibility index (Phi) is 5.68. The van der Waals surface area contributed by atoms with Gasteiger partial charge < -0.3 is 15.0 Å². The zero-order valence-electron chi connectivity index (χ0n) is 18.2. The maximum absolute atomic E-state index is 13.0. The molecule has 1 saturated heterocycles. The van der Waals surface area contributed by atoms with Crippen LogP contribution in [-0.4, -0.2) is 45.1 Å². The second-order valence-electron chi connectivity index (χ2n) is 7.67. The molecule has 0 spiro atoms. The van der Waals surface area contributed by atoms with E-state index in [2.05, 4.69) is 20.4 Å². The molecule has 9 nitrogen and oxygen atoms in total. The minimum absolute atomic E-state index is 0.0146. The molecule has 0 saturated carbocycles. The van der Waals surface area contributed by atoms with Gasteiger partial charge in [-0.05, 0) is 32.4 Å². The number of alkyl halides is 3. The van der Waals surface area contributed by atoms with Gasteiger partial charge in [0.2, 0.25) is 11.8 Å². The van der Waals surface area contributed by atoms with Gasteiger partial charge in [-0.3, -0.25) is 9.59 Å². The lowest BCUT2D eigenvalue weighted by molar-refractivity contribution is -0.144. The third-order valence-electron chi connectivity index (χ3n) is 5.47. The number of benzene rings is 1. The van der Waals surface area contributed by atoms with E-state index in [4.69, 9.17) is 4.74 Å². The standard InChI is InChI=1S/C21H21F3N6O3/c1-11-14(12(2)30-20(25-11)27-19(28-30)21(22,23)24)10-17(31)26-13-6-7-15(16(9-13)33-3)29-8-4-5-18(29)32/h6-7,9H,4-5,8,10H2,1-3H3,(H,26,31). The molecule has 0 aliphatic carbocycles. The van der Waals surface area contributed by atoms with Crippen molar-refractivity contribution in [1.82, 2.24) is 19.6 Å². The quantitative estimate of drug-likeness (QED) is 0.625. The van der Waals surface area contributed by atoms with Gasteiger partial charge >= 0.3 is 6.18 Å². The van der Waals surface area contributed by atoms with E-state index in [0.29, 0.717) is 47.0 Å². The lowest BCUT2D eigenvalue weighted by Gasteiger charge is -2.19. The summed E-state index contributed by atoms with van der Waals surface area (Å²) in [4.78, 5) is 33.9. The monoisotopic (exact) mass is 462 g/mol. The van der Waals surface area contributed by atoms with Crippen molar-refractivity contribution in [1.29, 1.82) is 0 Å². The number of carbonyl (C=O) groups is 2. The molecular weight excluding hydrogens is 441 g/mol. The predicted molar refractivity (Wildman–Crippen MR) is 112 cm³/mol. The van der Waals surface area contributed by atoms with Gasteiger partial charge in [-0.15, -0.1) is 5.10 Å². The minimum atomic E-state index is -4.70. The van der Waals surface area contributed by atoms with Gasteiger partial charge in [-0.2, -0.15) is 18.2 Å². The van der Waals surface area contributed by atoms with Gasteiger partial charge in [0.15, 0.2) is 0 Å². The molecule has 0 atom stereocenters. The Balaban J connectivity index is 1.56. The lowest BCUT2D eigenvalue weighted by Crippen LogP contribution is -2.24. The van der Waals surface area contributed by atoms with E-state index in [1.165, 1.54) is 7.11 Å². The van der Waals surface area contributed by atoms with Crippen molar-refractivity contribution >= 4 is 29.0 Å². The third-order valence-corrected chi connectivity index (χ3v) is 5.47. The van der Waals surface area contributed by atoms with Gasteiger partial charge in [0, 0.05) is 41.7 Å². The molecule has 1 fully saturated rings. The number of fused-ring (bicyclic) bond motifs is 1. The third kappa shape index (κ3) is 4.32. The van der Waals surface area contributed by atoms with Crippen LogP contribution in [0.25, 0.3) is 5.78 Å². The number of nitrogens with zero attached hydrogens (tertiary/aromatic N) is 5. The summed E-state index contributed by atoms with van der Waals surface area (Å²) in [6.07, 6.45) is -3.57. The molecule has 3 aromatic rings. The number of methoxy groups -OCH3 is 1. The molecule has 0 unspecified atom stereocenters. The zero-order chi connectivity index (χ0) is 23.9. The van der Waals surface area contributed by atoms with Crippen molar-refractivity contribution in [2.24, 2.45) is 0 Å². The Bertz CT molecular complexity index is 1250. The molecule has 2 aromatic heterocycles. The first-order valence-corrected chi connectivity index (χ1v) is 10.2. The maximum Gasteiger partial charge on any atom is 0.453 e. The van der Waals surface area contributed by atoms with E-state index < -0.39 is 17.9 Å². The van der Waals surface area contributed by atoms with Crippen LogP contribution in [0.5, 0.6) is 5.75 Å². The number of anilines is 2. The Hall–Kier alpha value is -3.70. The topological polar surface area (TPSA) is 102 Å². The number of hydrogen-bond donors (Lipinski definition) is 1. The van der Waals surface area contributed by atoms with E-state index in [9.17, 15) is 22.8 Å². The molecule has 1 aliphatic heterocycles. The average Bonchev–Trinajstić information content (AvgIpc) is 3.37. The molecule has 12 heteroatoms. The summed E-state index contributed by atoms with van der Waals surface area (Å²) in [5.74, 6) is -1.41. The van der Waals surface area contributed by atoms with E-state index in [1.807, 2.05) is 0 Å². The number of halogens is 3. The summed E-state index contributed by atoms with van der Waals surface area (Å²) in [7, 11) is 1.48. The molecular formula is C21H21F3N6O3. The fourth-order valence-electron chi connectivity index (χ4n) is 3.83. The van der Waals surface area contributed by atoms with Crippen LogP contribution in [-0.2, 0) is 22.2 Å². The molecule has 33 heavy (non-hydrogen) atoms. The normalized spacial score (nSPS) is 14.2. The minimum Gasteiger partial charge on any atom is -0.494 e. The second kappa shape index (κ2) is 8.34. The fourth-order valence-corrected chi connectivity index (χ4v) is 3.83. The Morgan fingerprint density at radius 1 is 1.24 bits per heavy atom. The van der Waals surface area contributed by atoms with Crippen LogP contribution >= 0.6 is 0 Å². The average molecular weight is 462 g/mol. The first kappa shape index (κ1) is 22.5. The largest absolute Gasteiger partial charge is 0.494 e. The molecule has 1 aliphatic rings. The highest BCUT2D eigenvalue weighted by molar-refractivity contribution is 5.98. The van der Waals surface area contributed by atoms with Gasteiger partial charge in [0.1, 0.15) is 5.75 Å². The lowest BCUT2D eigenvalue weighted by atomic mass is 10.1. The van der Waals surface area contributed by atoms with Crippen molar-refractivity contribution in [2.75, 3.05) is 23.9 Å². The zero-order valence-corrected chi connectivity index (χ0v) is 18.2. The van der Waals surface area contributed by atoms with Crippen molar-refractivity contribution in [3.8, 4) is 5.75 Å².